The first-order valence-corrected chi connectivity index (χ1v) is 7.25. The summed E-state index contributed by atoms with van der Waals surface area (Å²) in [5.41, 5.74) is 3.32. The van der Waals surface area contributed by atoms with Crippen LogP contribution in [-0.2, 0) is 13.0 Å². The lowest BCUT2D eigenvalue weighted by Gasteiger charge is -2.10. The molecule has 2 heterocycles. The quantitative estimate of drug-likeness (QED) is 0.497. The van der Waals surface area contributed by atoms with Gasteiger partial charge in [0.2, 0.25) is 0 Å². The highest BCUT2D eigenvalue weighted by molar-refractivity contribution is 5.83. The zero-order valence-corrected chi connectivity index (χ0v) is 12.5. The predicted octanol–water partition coefficient (Wildman–Crippen LogP) is 2.06. The number of rotatable bonds is 5. The SMILES string of the molecule is CN=C(NCCc1c[nH]c2ccccc12)NCc1ccon1. The third-order valence-corrected chi connectivity index (χ3v) is 3.51. The summed E-state index contributed by atoms with van der Waals surface area (Å²) in [6.45, 7) is 1.39. The molecule has 0 aliphatic rings. The first-order chi connectivity index (χ1) is 10.9. The fourth-order valence-electron chi connectivity index (χ4n) is 2.38. The van der Waals surface area contributed by atoms with Gasteiger partial charge in [-0.3, -0.25) is 4.99 Å². The zero-order valence-electron chi connectivity index (χ0n) is 12.5. The summed E-state index contributed by atoms with van der Waals surface area (Å²) in [7, 11) is 1.75. The van der Waals surface area contributed by atoms with Crippen molar-refractivity contribution in [3.8, 4) is 0 Å². The molecule has 0 aliphatic carbocycles. The third-order valence-electron chi connectivity index (χ3n) is 3.51. The Balaban J connectivity index is 1.51. The Morgan fingerprint density at radius 2 is 2.18 bits per heavy atom. The molecule has 1 aromatic carbocycles. The Morgan fingerprint density at radius 3 is 3.00 bits per heavy atom. The molecule has 0 bridgehead atoms. The van der Waals surface area contributed by atoms with Gasteiger partial charge in [-0.15, -0.1) is 0 Å². The van der Waals surface area contributed by atoms with Gasteiger partial charge in [0, 0.05) is 36.8 Å². The van der Waals surface area contributed by atoms with Gasteiger partial charge in [0.05, 0.1) is 6.54 Å². The standard InChI is InChI=1S/C16H19N5O/c1-17-16(20-11-13-7-9-22-21-13)18-8-6-12-10-19-15-5-3-2-4-14(12)15/h2-5,7,9-10,19H,6,8,11H2,1H3,(H2,17,18,20). The van der Waals surface area contributed by atoms with E-state index < -0.39 is 0 Å². The second-order valence-electron chi connectivity index (χ2n) is 4.95. The molecule has 114 valence electrons. The molecule has 3 aromatic rings. The number of aromatic amines is 1. The number of benzene rings is 1. The number of aromatic nitrogens is 2. The van der Waals surface area contributed by atoms with Crippen molar-refractivity contribution in [2.75, 3.05) is 13.6 Å². The smallest absolute Gasteiger partial charge is 0.191 e. The second-order valence-corrected chi connectivity index (χ2v) is 4.95. The van der Waals surface area contributed by atoms with Crippen molar-refractivity contribution in [3.05, 3.63) is 54.0 Å². The van der Waals surface area contributed by atoms with E-state index in [1.54, 1.807) is 13.3 Å². The van der Waals surface area contributed by atoms with Gasteiger partial charge >= 0.3 is 0 Å². The van der Waals surface area contributed by atoms with E-state index in [1.807, 2.05) is 12.1 Å². The minimum absolute atomic E-state index is 0.587. The molecule has 6 heteroatoms. The van der Waals surface area contributed by atoms with Crippen LogP contribution < -0.4 is 10.6 Å². The van der Waals surface area contributed by atoms with E-state index in [4.69, 9.17) is 4.52 Å². The summed E-state index contributed by atoms with van der Waals surface area (Å²) in [5.74, 6) is 0.753. The Bertz CT molecular complexity index is 745. The van der Waals surface area contributed by atoms with E-state index in [9.17, 15) is 0 Å². The number of nitrogens with zero attached hydrogens (tertiary/aromatic N) is 2. The summed E-state index contributed by atoms with van der Waals surface area (Å²) in [6, 6.07) is 10.2. The maximum atomic E-state index is 4.80. The van der Waals surface area contributed by atoms with E-state index in [0.717, 1.165) is 24.6 Å². The summed E-state index contributed by atoms with van der Waals surface area (Å²) in [6.07, 6.45) is 4.55. The van der Waals surface area contributed by atoms with Crippen molar-refractivity contribution in [2.45, 2.75) is 13.0 Å². The van der Waals surface area contributed by atoms with Crippen LogP contribution in [-0.4, -0.2) is 29.7 Å². The van der Waals surface area contributed by atoms with Gasteiger partial charge in [0.15, 0.2) is 5.96 Å². The highest BCUT2D eigenvalue weighted by atomic mass is 16.5. The van der Waals surface area contributed by atoms with Crippen molar-refractivity contribution in [2.24, 2.45) is 4.99 Å². The first kappa shape index (κ1) is 14.2. The van der Waals surface area contributed by atoms with Crippen LogP contribution in [0.3, 0.4) is 0 Å². The van der Waals surface area contributed by atoms with Crippen molar-refractivity contribution < 1.29 is 4.52 Å². The number of hydrogen-bond acceptors (Lipinski definition) is 3. The van der Waals surface area contributed by atoms with Gasteiger partial charge in [-0.25, -0.2) is 0 Å². The normalized spacial score (nSPS) is 11.8. The maximum Gasteiger partial charge on any atom is 0.191 e. The number of aliphatic imine (C=N–C) groups is 1. The Kier molecular flexibility index (Phi) is 4.38. The molecular formula is C16H19N5O. The van der Waals surface area contributed by atoms with Crippen LogP contribution in [0.2, 0.25) is 0 Å². The highest BCUT2D eigenvalue weighted by Gasteiger charge is 2.04. The van der Waals surface area contributed by atoms with Gasteiger partial charge in [0.1, 0.15) is 12.0 Å². The summed E-state index contributed by atoms with van der Waals surface area (Å²) in [5, 5.41) is 11.6. The van der Waals surface area contributed by atoms with E-state index in [1.165, 1.54) is 16.5 Å². The second kappa shape index (κ2) is 6.80. The van der Waals surface area contributed by atoms with Crippen LogP contribution in [0.1, 0.15) is 11.3 Å². The zero-order chi connectivity index (χ0) is 15.2. The topological polar surface area (TPSA) is 78.2 Å². The van der Waals surface area contributed by atoms with Crippen LogP contribution in [0.5, 0.6) is 0 Å². The lowest BCUT2D eigenvalue weighted by molar-refractivity contribution is 0.410. The Morgan fingerprint density at radius 1 is 1.27 bits per heavy atom. The molecule has 0 fully saturated rings. The molecule has 0 spiro atoms. The minimum Gasteiger partial charge on any atom is -0.364 e. The summed E-state index contributed by atoms with van der Waals surface area (Å²) >= 11 is 0. The van der Waals surface area contributed by atoms with Crippen LogP contribution in [0.15, 0.2) is 52.3 Å². The fourth-order valence-corrected chi connectivity index (χ4v) is 2.38. The molecule has 0 saturated heterocycles. The number of hydrogen-bond donors (Lipinski definition) is 3. The van der Waals surface area contributed by atoms with Crippen LogP contribution in [0.4, 0.5) is 0 Å². The Hall–Kier alpha value is -2.76. The first-order valence-electron chi connectivity index (χ1n) is 7.25. The van der Waals surface area contributed by atoms with Gasteiger partial charge < -0.3 is 20.1 Å². The van der Waals surface area contributed by atoms with E-state index in [0.29, 0.717) is 6.54 Å². The molecule has 22 heavy (non-hydrogen) atoms. The maximum absolute atomic E-state index is 4.80. The number of nitrogens with one attached hydrogen (secondary N) is 3. The van der Waals surface area contributed by atoms with E-state index in [2.05, 4.69) is 50.2 Å². The number of H-pyrrole nitrogens is 1. The molecule has 0 atom stereocenters. The molecule has 0 saturated carbocycles. The summed E-state index contributed by atoms with van der Waals surface area (Å²) < 4.78 is 4.80. The number of para-hydroxylation sites is 1. The van der Waals surface area contributed by atoms with Gasteiger partial charge in [-0.2, -0.15) is 0 Å². The lowest BCUT2D eigenvalue weighted by atomic mass is 10.1. The van der Waals surface area contributed by atoms with Gasteiger partial charge in [-0.1, -0.05) is 23.4 Å². The lowest BCUT2D eigenvalue weighted by Crippen LogP contribution is -2.37. The number of fused-ring (bicyclic) bond motifs is 1. The van der Waals surface area contributed by atoms with Crippen molar-refractivity contribution in [1.29, 1.82) is 0 Å². The predicted molar refractivity (Wildman–Crippen MR) is 86.7 cm³/mol. The number of guanidine groups is 1. The van der Waals surface area contributed by atoms with Crippen LogP contribution >= 0.6 is 0 Å². The van der Waals surface area contributed by atoms with Crippen molar-refractivity contribution >= 4 is 16.9 Å². The molecule has 0 aliphatic heterocycles. The fraction of sp³-hybridized carbons (Fsp3) is 0.250. The molecule has 6 nitrogen and oxygen atoms in total. The Labute approximate surface area is 128 Å². The molecule has 3 rings (SSSR count). The molecule has 0 unspecified atom stereocenters. The molecule has 0 radical (unpaired) electrons. The average molecular weight is 297 g/mol. The van der Waals surface area contributed by atoms with E-state index >= 15 is 0 Å². The summed E-state index contributed by atoms with van der Waals surface area (Å²) in [4.78, 5) is 7.49. The van der Waals surface area contributed by atoms with Gasteiger partial charge in [-0.05, 0) is 18.1 Å². The molecule has 3 N–H and O–H groups in total. The van der Waals surface area contributed by atoms with Crippen molar-refractivity contribution in [1.82, 2.24) is 20.8 Å². The highest BCUT2D eigenvalue weighted by Crippen LogP contribution is 2.17. The van der Waals surface area contributed by atoms with E-state index in [-0.39, 0.29) is 0 Å². The van der Waals surface area contributed by atoms with Gasteiger partial charge in [0.25, 0.3) is 0 Å². The average Bonchev–Trinajstić information content (AvgIpc) is 3.20. The third kappa shape index (κ3) is 3.28. The monoisotopic (exact) mass is 297 g/mol. The van der Waals surface area contributed by atoms with Crippen molar-refractivity contribution in [3.63, 3.8) is 0 Å². The minimum atomic E-state index is 0.587. The van der Waals surface area contributed by atoms with Crippen LogP contribution in [0, 0.1) is 0 Å². The largest absolute Gasteiger partial charge is 0.364 e. The van der Waals surface area contributed by atoms with Crippen LogP contribution in [0.25, 0.3) is 10.9 Å². The molecule has 0 amide bonds. The molecular weight excluding hydrogens is 278 g/mol. The molecule has 2 aromatic heterocycles.